The first kappa shape index (κ1) is 21.5. The molecule has 3 heterocycles. The van der Waals surface area contributed by atoms with E-state index >= 15 is 0 Å². The average molecular weight is 451 g/mol. The van der Waals surface area contributed by atoms with Crippen LogP contribution in [0.2, 0.25) is 0 Å². The van der Waals surface area contributed by atoms with Crippen molar-refractivity contribution in [2.24, 2.45) is 5.92 Å². The topological polar surface area (TPSA) is 26.2 Å². The monoisotopic (exact) mass is 450 g/mol. The SMILES string of the molecule is C=C1NCc2c(-c3ccccc3C)c(C)c3c(c21)c1ccccc1n3C1CC(C)CC(C)(C)O1. The maximum Gasteiger partial charge on any atom is 0.135 e. The van der Waals surface area contributed by atoms with Gasteiger partial charge in [0.1, 0.15) is 6.23 Å². The van der Waals surface area contributed by atoms with Crippen molar-refractivity contribution >= 4 is 27.5 Å². The number of hydrogen-bond acceptors (Lipinski definition) is 2. The minimum absolute atomic E-state index is 0.00486. The molecule has 0 aliphatic carbocycles. The van der Waals surface area contributed by atoms with Crippen LogP contribution in [0.15, 0.2) is 55.1 Å². The van der Waals surface area contributed by atoms with Crippen LogP contribution in [0.1, 0.15) is 62.1 Å². The molecule has 3 aromatic carbocycles. The van der Waals surface area contributed by atoms with E-state index in [0.29, 0.717) is 5.92 Å². The van der Waals surface area contributed by atoms with E-state index in [1.807, 2.05) is 0 Å². The van der Waals surface area contributed by atoms with Gasteiger partial charge in [-0.05, 0) is 80.3 Å². The van der Waals surface area contributed by atoms with Crippen molar-refractivity contribution in [1.29, 1.82) is 0 Å². The molecule has 174 valence electrons. The summed E-state index contributed by atoms with van der Waals surface area (Å²) >= 11 is 0. The molecular weight excluding hydrogens is 416 g/mol. The first-order valence-electron chi connectivity index (χ1n) is 12.5. The maximum atomic E-state index is 6.80. The average Bonchev–Trinajstić information content (AvgIpc) is 3.32. The Kier molecular flexibility index (Phi) is 4.73. The zero-order valence-corrected chi connectivity index (χ0v) is 21.0. The van der Waals surface area contributed by atoms with Gasteiger partial charge in [-0.3, -0.25) is 0 Å². The molecule has 0 bridgehead atoms. The highest BCUT2D eigenvalue weighted by Crippen LogP contribution is 2.49. The van der Waals surface area contributed by atoms with Gasteiger partial charge < -0.3 is 14.6 Å². The lowest BCUT2D eigenvalue weighted by Crippen LogP contribution is -2.37. The second-order valence-corrected chi connectivity index (χ2v) is 11.0. The smallest absolute Gasteiger partial charge is 0.135 e. The number of hydrogen-bond donors (Lipinski definition) is 1. The van der Waals surface area contributed by atoms with Gasteiger partial charge in [-0.1, -0.05) is 56.0 Å². The lowest BCUT2D eigenvalue weighted by molar-refractivity contribution is -0.152. The molecule has 1 saturated heterocycles. The fourth-order valence-corrected chi connectivity index (χ4v) is 6.71. The summed E-state index contributed by atoms with van der Waals surface area (Å²) in [7, 11) is 0. The van der Waals surface area contributed by atoms with E-state index in [-0.39, 0.29) is 11.8 Å². The Morgan fingerprint density at radius 2 is 1.76 bits per heavy atom. The number of fused-ring (bicyclic) bond motifs is 5. The van der Waals surface area contributed by atoms with Crippen LogP contribution in [0, 0.1) is 19.8 Å². The predicted octanol–water partition coefficient (Wildman–Crippen LogP) is 7.88. The molecule has 2 aliphatic rings. The molecule has 1 N–H and O–H groups in total. The Morgan fingerprint density at radius 3 is 2.53 bits per heavy atom. The van der Waals surface area contributed by atoms with Crippen molar-refractivity contribution in [1.82, 2.24) is 9.88 Å². The van der Waals surface area contributed by atoms with Gasteiger partial charge in [0.15, 0.2) is 0 Å². The Labute approximate surface area is 202 Å². The van der Waals surface area contributed by atoms with E-state index in [1.54, 1.807) is 0 Å². The number of nitrogens with zero attached hydrogens (tertiary/aromatic N) is 1. The standard InChI is InChI=1S/C31H34N2O/c1-18-15-26(34-31(5,6)16-18)33-25-14-10-9-13-23(25)29-28-21(4)32-17-24(28)27(20(3)30(29)33)22-12-8-7-11-19(22)2/h7-14,18,26,32H,4,15-17H2,1-3,5-6H3. The Morgan fingerprint density at radius 1 is 1.03 bits per heavy atom. The molecule has 0 saturated carbocycles. The predicted molar refractivity (Wildman–Crippen MR) is 143 cm³/mol. The van der Waals surface area contributed by atoms with Crippen molar-refractivity contribution in [2.45, 2.75) is 65.8 Å². The van der Waals surface area contributed by atoms with Crippen LogP contribution < -0.4 is 5.32 Å². The largest absolute Gasteiger partial charge is 0.381 e. The van der Waals surface area contributed by atoms with Crippen LogP contribution in [0.25, 0.3) is 38.6 Å². The fourth-order valence-electron chi connectivity index (χ4n) is 6.71. The molecule has 4 aromatic rings. The summed E-state index contributed by atoms with van der Waals surface area (Å²) in [5.41, 5.74) is 11.3. The number of para-hydroxylation sites is 1. The minimum atomic E-state index is -0.144. The van der Waals surface area contributed by atoms with Crippen LogP contribution in [0.4, 0.5) is 0 Å². The lowest BCUT2D eigenvalue weighted by Gasteiger charge is -2.40. The summed E-state index contributed by atoms with van der Waals surface area (Å²) in [6, 6.07) is 17.6. The lowest BCUT2D eigenvalue weighted by atomic mass is 9.86. The molecule has 0 radical (unpaired) electrons. The van der Waals surface area contributed by atoms with Gasteiger partial charge in [-0.25, -0.2) is 0 Å². The normalized spacial score (nSPS) is 21.7. The highest BCUT2D eigenvalue weighted by atomic mass is 16.5. The molecule has 34 heavy (non-hydrogen) atoms. The Hall–Kier alpha value is -3.04. The minimum Gasteiger partial charge on any atom is -0.381 e. The van der Waals surface area contributed by atoms with Crippen molar-refractivity contribution in [2.75, 3.05) is 0 Å². The number of aromatic nitrogens is 1. The highest BCUT2D eigenvalue weighted by molar-refractivity contribution is 6.16. The van der Waals surface area contributed by atoms with Gasteiger partial charge in [0.25, 0.3) is 0 Å². The van der Waals surface area contributed by atoms with E-state index in [4.69, 9.17) is 4.74 Å². The third kappa shape index (κ3) is 3.06. The molecule has 6 rings (SSSR count). The fraction of sp³-hybridized carbons (Fsp3) is 0.355. The van der Waals surface area contributed by atoms with Gasteiger partial charge in [-0.15, -0.1) is 0 Å². The van der Waals surface area contributed by atoms with Gasteiger partial charge in [0, 0.05) is 28.6 Å². The van der Waals surface area contributed by atoms with Crippen LogP contribution >= 0.6 is 0 Å². The summed E-state index contributed by atoms with van der Waals surface area (Å²) in [6.45, 7) is 16.6. The highest BCUT2D eigenvalue weighted by Gasteiger charge is 2.36. The van der Waals surface area contributed by atoms with Crippen molar-refractivity contribution in [3.05, 3.63) is 77.4 Å². The summed E-state index contributed by atoms with van der Waals surface area (Å²) < 4.78 is 9.31. The van der Waals surface area contributed by atoms with Crippen molar-refractivity contribution in [3.8, 4) is 11.1 Å². The molecule has 2 atom stereocenters. The molecule has 2 unspecified atom stereocenters. The first-order chi connectivity index (χ1) is 16.3. The maximum absolute atomic E-state index is 6.80. The third-order valence-electron chi connectivity index (χ3n) is 7.88. The zero-order valence-electron chi connectivity index (χ0n) is 21.0. The number of benzene rings is 3. The number of rotatable bonds is 2. The Bertz CT molecular complexity index is 1470. The summed E-state index contributed by atoms with van der Waals surface area (Å²) in [4.78, 5) is 0. The number of aryl methyl sites for hydroxylation is 2. The Balaban J connectivity index is 1.77. The molecule has 2 aliphatic heterocycles. The summed E-state index contributed by atoms with van der Waals surface area (Å²) in [6.07, 6.45) is 2.11. The quantitative estimate of drug-likeness (QED) is 0.336. The second-order valence-electron chi connectivity index (χ2n) is 11.0. The van der Waals surface area contributed by atoms with Gasteiger partial charge in [0.05, 0.1) is 16.6 Å². The molecule has 1 aromatic heterocycles. The van der Waals surface area contributed by atoms with E-state index in [0.717, 1.165) is 25.1 Å². The van der Waals surface area contributed by atoms with Crippen molar-refractivity contribution in [3.63, 3.8) is 0 Å². The molecule has 0 spiro atoms. The van der Waals surface area contributed by atoms with Crippen LogP contribution in [-0.4, -0.2) is 10.2 Å². The number of nitrogens with one attached hydrogen (secondary N) is 1. The van der Waals surface area contributed by atoms with Crippen LogP contribution in [-0.2, 0) is 11.3 Å². The molecular formula is C31H34N2O. The number of ether oxygens (including phenoxy) is 1. The zero-order chi connectivity index (χ0) is 23.8. The van der Waals surface area contributed by atoms with E-state index in [9.17, 15) is 0 Å². The van der Waals surface area contributed by atoms with Crippen molar-refractivity contribution < 1.29 is 4.74 Å². The first-order valence-corrected chi connectivity index (χ1v) is 12.5. The van der Waals surface area contributed by atoms with E-state index in [2.05, 4.69) is 99.6 Å². The molecule has 1 fully saturated rings. The molecule has 0 amide bonds. The molecule has 3 nitrogen and oxygen atoms in total. The third-order valence-corrected chi connectivity index (χ3v) is 7.88. The molecule has 3 heteroatoms. The van der Waals surface area contributed by atoms with E-state index in [1.165, 1.54) is 55.2 Å². The van der Waals surface area contributed by atoms with Gasteiger partial charge in [0.2, 0.25) is 0 Å². The van der Waals surface area contributed by atoms with Gasteiger partial charge in [-0.2, -0.15) is 0 Å². The summed E-state index contributed by atoms with van der Waals surface area (Å²) in [5.74, 6) is 0.604. The second kappa shape index (κ2) is 7.48. The van der Waals surface area contributed by atoms with E-state index < -0.39 is 0 Å². The van der Waals surface area contributed by atoms with Gasteiger partial charge >= 0.3 is 0 Å². The summed E-state index contributed by atoms with van der Waals surface area (Å²) in [5, 5.41) is 6.18. The van der Waals surface area contributed by atoms with Crippen LogP contribution in [0.5, 0.6) is 0 Å². The van der Waals surface area contributed by atoms with Crippen LogP contribution in [0.3, 0.4) is 0 Å².